The van der Waals surface area contributed by atoms with E-state index in [2.05, 4.69) is 10.3 Å². The van der Waals surface area contributed by atoms with Gasteiger partial charge in [0.15, 0.2) is 0 Å². The Hall–Kier alpha value is -1.59. The fourth-order valence-corrected chi connectivity index (χ4v) is 1.11. The van der Waals surface area contributed by atoms with Gasteiger partial charge in [-0.25, -0.2) is 0 Å². The Labute approximate surface area is 84.3 Å². The molecule has 1 aromatic rings. The molecule has 1 rings (SSSR count). The predicted molar refractivity (Wildman–Crippen MR) is 47.0 cm³/mol. The van der Waals surface area contributed by atoms with Crippen LogP contribution in [0.25, 0.3) is 0 Å². The van der Waals surface area contributed by atoms with Crippen molar-refractivity contribution in [3.05, 3.63) is 29.6 Å². The van der Waals surface area contributed by atoms with E-state index in [1.54, 1.807) is 0 Å². The minimum absolute atomic E-state index is 0.121. The number of pyridine rings is 1. The third-order valence-corrected chi connectivity index (χ3v) is 1.84. The molecule has 6 heteroatoms. The fraction of sp³-hybridized carbons (Fsp3) is 0.333. The highest BCUT2D eigenvalue weighted by atomic mass is 19.4. The molecule has 3 nitrogen and oxygen atoms in total. The molecule has 0 radical (unpaired) electrons. The van der Waals surface area contributed by atoms with Crippen LogP contribution in [0.3, 0.4) is 0 Å². The Morgan fingerprint density at radius 2 is 2.20 bits per heavy atom. The molecule has 0 fully saturated rings. The minimum atomic E-state index is -4.45. The molecule has 0 spiro atoms. The molecule has 82 valence electrons. The van der Waals surface area contributed by atoms with Gasteiger partial charge in [-0.1, -0.05) is 0 Å². The summed E-state index contributed by atoms with van der Waals surface area (Å²) in [5.74, 6) is -0.478. The molecule has 0 aliphatic rings. The maximum absolute atomic E-state index is 12.4. The molecule has 0 atom stereocenters. The van der Waals surface area contributed by atoms with Gasteiger partial charge in [-0.3, -0.25) is 9.78 Å². The monoisotopic (exact) mass is 218 g/mol. The van der Waals surface area contributed by atoms with Crippen LogP contribution in [0.5, 0.6) is 0 Å². The maximum atomic E-state index is 12.4. The third kappa shape index (κ3) is 2.93. The van der Waals surface area contributed by atoms with Gasteiger partial charge in [0.05, 0.1) is 12.0 Å². The van der Waals surface area contributed by atoms with Crippen molar-refractivity contribution in [2.75, 3.05) is 7.05 Å². The summed E-state index contributed by atoms with van der Waals surface area (Å²) in [6.07, 6.45) is -2.67. The number of halogens is 3. The van der Waals surface area contributed by atoms with Crippen LogP contribution in [0.4, 0.5) is 13.2 Å². The van der Waals surface area contributed by atoms with Gasteiger partial charge < -0.3 is 5.32 Å². The van der Waals surface area contributed by atoms with Gasteiger partial charge >= 0.3 is 6.18 Å². The number of nitrogens with zero attached hydrogens (tertiary/aromatic N) is 1. The summed E-state index contributed by atoms with van der Waals surface area (Å²) in [4.78, 5) is 14.5. The standard InChI is InChI=1S/C9H9F3N2O/c1-13-8(15)4-6-5-14-3-2-7(6)9(10,11)12/h2-3,5H,4H2,1H3,(H,13,15). The summed E-state index contributed by atoms with van der Waals surface area (Å²) in [6.45, 7) is 0. The Balaban J connectivity index is 3.02. The summed E-state index contributed by atoms with van der Waals surface area (Å²) in [5.41, 5.74) is -0.939. The van der Waals surface area contributed by atoms with E-state index in [4.69, 9.17) is 0 Å². The van der Waals surface area contributed by atoms with Gasteiger partial charge in [-0.2, -0.15) is 13.2 Å². The lowest BCUT2D eigenvalue weighted by atomic mass is 10.1. The van der Waals surface area contributed by atoms with Gasteiger partial charge in [0.1, 0.15) is 0 Å². The van der Waals surface area contributed by atoms with E-state index >= 15 is 0 Å². The van der Waals surface area contributed by atoms with E-state index in [0.717, 1.165) is 18.5 Å². The van der Waals surface area contributed by atoms with E-state index in [1.165, 1.54) is 7.05 Å². The zero-order valence-electron chi connectivity index (χ0n) is 7.93. The largest absolute Gasteiger partial charge is 0.416 e. The highest BCUT2D eigenvalue weighted by molar-refractivity contribution is 5.78. The second-order valence-electron chi connectivity index (χ2n) is 2.88. The molecule has 15 heavy (non-hydrogen) atoms. The molecule has 0 bridgehead atoms. The van der Waals surface area contributed by atoms with Crippen molar-refractivity contribution in [3.63, 3.8) is 0 Å². The smallest absolute Gasteiger partial charge is 0.359 e. The van der Waals surface area contributed by atoms with Gasteiger partial charge in [0.2, 0.25) is 5.91 Å². The molecule has 1 N–H and O–H groups in total. The van der Waals surface area contributed by atoms with Crippen LogP contribution in [0.1, 0.15) is 11.1 Å². The number of hydrogen-bond acceptors (Lipinski definition) is 2. The van der Waals surface area contributed by atoms with E-state index in [-0.39, 0.29) is 12.0 Å². The number of amides is 1. The van der Waals surface area contributed by atoms with Crippen molar-refractivity contribution >= 4 is 5.91 Å². The number of alkyl halides is 3. The second-order valence-corrected chi connectivity index (χ2v) is 2.88. The summed E-state index contributed by atoms with van der Waals surface area (Å²) in [5, 5.41) is 2.26. The molecule has 0 unspecified atom stereocenters. The number of nitrogens with one attached hydrogen (secondary N) is 1. The number of carbonyl (C=O) groups excluding carboxylic acids is 1. The quantitative estimate of drug-likeness (QED) is 0.815. The SMILES string of the molecule is CNC(=O)Cc1cnccc1C(F)(F)F. The molecule has 0 aliphatic heterocycles. The average Bonchev–Trinajstić information content (AvgIpc) is 2.17. The molecule has 0 saturated heterocycles. The lowest BCUT2D eigenvalue weighted by Gasteiger charge is -2.11. The first-order valence-electron chi connectivity index (χ1n) is 4.16. The number of aromatic nitrogens is 1. The van der Waals surface area contributed by atoms with Crippen LogP contribution >= 0.6 is 0 Å². The van der Waals surface area contributed by atoms with E-state index in [9.17, 15) is 18.0 Å². The topological polar surface area (TPSA) is 42.0 Å². The summed E-state index contributed by atoms with van der Waals surface area (Å²) >= 11 is 0. The van der Waals surface area contributed by atoms with Crippen molar-refractivity contribution in [3.8, 4) is 0 Å². The Morgan fingerprint density at radius 3 is 2.73 bits per heavy atom. The Kier molecular flexibility index (Phi) is 3.28. The maximum Gasteiger partial charge on any atom is 0.416 e. The Bertz CT molecular complexity index is 363. The van der Waals surface area contributed by atoms with E-state index < -0.39 is 17.6 Å². The first kappa shape index (κ1) is 11.5. The van der Waals surface area contributed by atoms with Gasteiger partial charge in [-0.05, 0) is 11.6 Å². The number of rotatable bonds is 2. The summed E-state index contributed by atoms with van der Waals surface area (Å²) in [6, 6.07) is 0.859. The molecule has 0 aromatic carbocycles. The highest BCUT2D eigenvalue weighted by Gasteiger charge is 2.33. The molecule has 0 saturated carbocycles. The molecular formula is C9H9F3N2O. The first-order chi connectivity index (χ1) is 6.95. The molecule has 1 heterocycles. The zero-order chi connectivity index (χ0) is 11.5. The number of likely N-dealkylation sites (N-methyl/N-ethyl adjacent to an activating group) is 1. The second kappa shape index (κ2) is 4.29. The van der Waals surface area contributed by atoms with Crippen LogP contribution in [0, 0.1) is 0 Å². The predicted octanol–water partition coefficient (Wildman–Crippen LogP) is 1.39. The van der Waals surface area contributed by atoms with Crippen LogP contribution in [0.2, 0.25) is 0 Å². The number of carbonyl (C=O) groups is 1. The van der Waals surface area contributed by atoms with Gasteiger partial charge in [-0.15, -0.1) is 0 Å². The van der Waals surface area contributed by atoms with E-state index in [1.807, 2.05) is 0 Å². The molecule has 1 aromatic heterocycles. The first-order valence-corrected chi connectivity index (χ1v) is 4.16. The third-order valence-electron chi connectivity index (χ3n) is 1.84. The van der Waals surface area contributed by atoms with Crippen molar-refractivity contribution in [2.24, 2.45) is 0 Å². The van der Waals surface area contributed by atoms with Crippen LogP contribution in [-0.4, -0.2) is 17.9 Å². The normalized spacial score (nSPS) is 11.2. The summed E-state index contributed by atoms with van der Waals surface area (Å²) < 4.78 is 37.3. The highest BCUT2D eigenvalue weighted by Crippen LogP contribution is 2.31. The van der Waals surface area contributed by atoms with Crippen molar-refractivity contribution in [2.45, 2.75) is 12.6 Å². The molecule has 1 amide bonds. The van der Waals surface area contributed by atoms with Crippen molar-refractivity contribution in [1.82, 2.24) is 10.3 Å². The minimum Gasteiger partial charge on any atom is -0.359 e. The van der Waals surface area contributed by atoms with Crippen LogP contribution < -0.4 is 5.32 Å². The molecular weight excluding hydrogens is 209 g/mol. The van der Waals surface area contributed by atoms with Crippen molar-refractivity contribution < 1.29 is 18.0 Å². The lowest BCUT2D eigenvalue weighted by Crippen LogP contribution is -2.22. The van der Waals surface area contributed by atoms with Crippen LogP contribution in [-0.2, 0) is 17.4 Å². The van der Waals surface area contributed by atoms with Crippen LogP contribution in [0.15, 0.2) is 18.5 Å². The van der Waals surface area contributed by atoms with Gasteiger partial charge in [0, 0.05) is 19.4 Å². The lowest BCUT2D eigenvalue weighted by molar-refractivity contribution is -0.138. The zero-order valence-corrected chi connectivity index (χ0v) is 7.93. The van der Waals surface area contributed by atoms with Crippen molar-refractivity contribution in [1.29, 1.82) is 0 Å². The molecule has 0 aliphatic carbocycles. The Morgan fingerprint density at radius 1 is 1.53 bits per heavy atom. The average molecular weight is 218 g/mol. The van der Waals surface area contributed by atoms with E-state index in [0.29, 0.717) is 0 Å². The number of hydrogen-bond donors (Lipinski definition) is 1. The fourth-order valence-electron chi connectivity index (χ4n) is 1.11. The summed E-state index contributed by atoms with van der Waals surface area (Å²) in [7, 11) is 1.37. The van der Waals surface area contributed by atoms with Gasteiger partial charge in [0.25, 0.3) is 0 Å².